The minimum atomic E-state index is 0.0596. The molecule has 0 amide bonds. The Morgan fingerprint density at radius 2 is 2.31 bits per heavy atom. The molecular weight excluding hydrogens is 240 g/mol. The van der Waals surface area contributed by atoms with Gasteiger partial charge >= 0.3 is 0 Å². The predicted molar refractivity (Wildman–Crippen MR) is 68.7 cm³/mol. The highest BCUT2D eigenvalue weighted by molar-refractivity contribution is 7.71. The first-order valence-corrected chi connectivity index (χ1v) is 6.51. The Labute approximate surface area is 102 Å². The fraction of sp³-hybridized carbons (Fsp3) is 0.455. The van der Waals surface area contributed by atoms with E-state index in [1.807, 2.05) is 11.4 Å². The monoisotopic (exact) mass is 252 g/mol. The smallest absolute Gasteiger partial charge is 0.272 e. The van der Waals surface area contributed by atoms with Crippen LogP contribution in [0.3, 0.4) is 0 Å². The molecule has 1 saturated carbocycles. The molecule has 1 fully saturated rings. The van der Waals surface area contributed by atoms with E-state index < -0.39 is 0 Å². The second kappa shape index (κ2) is 3.05. The highest BCUT2D eigenvalue weighted by atomic mass is 32.1. The van der Waals surface area contributed by atoms with Crippen LogP contribution < -0.4 is 5.56 Å². The van der Waals surface area contributed by atoms with Crippen LogP contribution in [0.25, 0.3) is 10.2 Å². The summed E-state index contributed by atoms with van der Waals surface area (Å²) in [4.78, 5) is 15.4. The van der Waals surface area contributed by atoms with Crippen LogP contribution in [0.4, 0.5) is 0 Å². The molecule has 1 aliphatic carbocycles. The molecule has 16 heavy (non-hydrogen) atoms. The van der Waals surface area contributed by atoms with Gasteiger partial charge < -0.3 is 4.98 Å². The average Bonchev–Trinajstić information content (AvgIpc) is 2.62. The zero-order chi connectivity index (χ0) is 11.5. The summed E-state index contributed by atoms with van der Waals surface area (Å²) in [5.74, 6) is 0. The van der Waals surface area contributed by atoms with E-state index in [1.165, 1.54) is 11.3 Å². The van der Waals surface area contributed by atoms with Gasteiger partial charge in [-0.05, 0) is 35.5 Å². The van der Waals surface area contributed by atoms with Gasteiger partial charge in [-0.15, -0.1) is 11.3 Å². The van der Waals surface area contributed by atoms with Gasteiger partial charge in [-0.3, -0.25) is 9.36 Å². The van der Waals surface area contributed by atoms with E-state index in [-0.39, 0.29) is 17.0 Å². The van der Waals surface area contributed by atoms with E-state index in [9.17, 15) is 4.79 Å². The van der Waals surface area contributed by atoms with Crippen LogP contribution in [0.5, 0.6) is 0 Å². The van der Waals surface area contributed by atoms with Crippen molar-refractivity contribution in [2.45, 2.75) is 26.3 Å². The minimum absolute atomic E-state index is 0.0596. The van der Waals surface area contributed by atoms with Crippen molar-refractivity contribution in [1.29, 1.82) is 0 Å². The molecule has 0 aromatic carbocycles. The molecule has 3 nitrogen and oxygen atoms in total. The first-order chi connectivity index (χ1) is 7.50. The average molecular weight is 252 g/mol. The summed E-state index contributed by atoms with van der Waals surface area (Å²) >= 11 is 6.74. The first-order valence-electron chi connectivity index (χ1n) is 5.23. The Balaban J connectivity index is 2.33. The fourth-order valence-corrected chi connectivity index (χ4v) is 3.22. The first kappa shape index (κ1) is 10.2. The fourth-order valence-electron chi connectivity index (χ4n) is 2.11. The Kier molecular flexibility index (Phi) is 1.95. The van der Waals surface area contributed by atoms with Gasteiger partial charge in [-0.1, -0.05) is 13.8 Å². The van der Waals surface area contributed by atoms with Gasteiger partial charge in [0.05, 0.1) is 5.52 Å². The van der Waals surface area contributed by atoms with E-state index in [1.54, 1.807) is 4.57 Å². The third kappa shape index (κ3) is 1.31. The molecule has 84 valence electrons. The SMILES string of the molecule is CC1(C)CC1n1c(=S)[nH]c2ccsc2c1=O. The second-order valence-electron chi connectivity index (χ2n) is 4.98. The van der Waals surface area contributed by atoms with Gasteiger partial charge in [0, 0.05) is 6.04 Å². The third-order valence-corrected chi connectivity index (χ3v) is 4.51. The Morgan fingerprint density at radius 1 is 1.62 bits per heavy atom. The molecule has 1 N–H and O–H groups in total. The molecule has 0 radical (unpaired) electrons. The van der Waals surface area contributed by atoms with E-state index in [0.29, 0.717) is 4.77 Å². The Hall–Kier alpha value is -0.940. The summed E-state index contributed by atoms with van der Waals surface area (Å²) in [6.07, 6.45) is 1.03. The second-order valence-corrected chi connectivity index (χ2v) is 6.28. The molecule has 1 unspecified atom stereocenters. The van der Waals surface area contributed by atoms with Gasteiger partial charge in [0.15, 0.2) is 4.77 Å². The van der Waals surface area contributed by atoms with E-state index >= 15 is 0 Å². The molecule has 2 aromatic rings. The Morgan fingerprint density at radius 3 is 2.94 bits per heavy atom. The summed E-state index contributed by atoms with van der Waals surface area (Å²) in [5.41, 5.74) is 1.12. The number of hydrogen-bond donors (Lipinski definition) is 1. The highest BCUT2D eigenvalue weighted by Crippen LogP contribution is 2.54. The quantitative estimate of drug-likeness (QED) is 0.792. The number of aromatic amines is 1. The number of H-pyrrole nitrogens is 1. The van der Waals surface area contributed by atoms with Gasteiger partial charge in [-0.25, -0.2) is 0 Å². The molecule has 1 aliphatic rings. The normalized spacial score (nSPS) is 22.5. The van der Waals surface area contributed by atoms with Crippen molar-refractivity contribution in [2.24, 2.45) is 5.41 Å². The zero-order valence-electron chi connectivity index (χ0n) is 9.11. The number of hydrogen-bond acceptors (Lipinski definition) is 3. The standard InChI is InChI=1S/C11H12N2OS2/c1-11(2)5-7(11)13-9(14)8-6(3-4-16-8)12-10(13)15/h3-4,7H,5H2,1-2H3,(H,12,15). The number of nitrogens with zero attached hydrogens (tertiary/aromatic N) is 1. The summed E-state index contributed by atoms with van der Waals surface area (Å²) < 4.78 is 3.07. The number of aromatic nitrogens is 2. The lowest BCUT2D eigenvalue weighted by atomic mass is 10.2. The van der Waals surface area contributed by atoms with Gasteiger partial charge in [-0.2, -0.15) is 0 Å². The van der Waals surface area contributed by atoms with Gasteiger partial charge in [0.25, 0.3) is 5.56 Å². The number of fused-ring (bicyclic) bond motifs is 1. The zero-order valence-corrected chi connectivity index (χ0v) is 10.7. The summed E-state index contributed by atoms with van der Waals surface area (Å²) in [7, 11) is 0. The topological polar surface area (TPSA) is 37.8 Å². The van der Waals surface area contributed by atoms with Crippen molar-refractivity contribution >= 4 is 33.8 Å². The maximum absolute atomic E-state index is 12.3. The van der Waals surface area contributed by atoms with Crippen LogP contribution in [0.1, 0.15) is 26.3 Å². The van der Waals surface area contributed by atoms with Crippen LogP contribution in [0.2, 0.25) is 0 Å². The van der Waals surface area contributed by atoms with Crippen molar-refractivity contribution < 1.29 is 0 Å². The number of rotatable bonds is 1. The molecule has 2 aromatic heterocycles. The van der Waals surface area contributed by atoms with Crippen LogP contribution >= 0.6 is 23.6 Å². The maximum Gasteiger partial charge on any atom is 0.272 e. The number of thiophene rings is 1. The molecule has 1 atom stereocenters. The molecule has 0 saturated heterocycles. The maximum atomic E-state index is 12.3. The minimum Gasteiger partial charge on any atom is -0.331 e. The number of nitrogens with one attached hydrogen (secondary N) is 1. The largest absolute Gasteiger partial charge is 0.331 e. The van der Waals surface area contributed by atoms with E-state index in [4.69, 9.17) is 12.2 Å². The summed E-state index contributed by atoms with van der Waals surface area (Å²) in [6.45, 7) is 4.33. The van der Waals surface area contributed by atoms with Crippen molar-refractivity contribution in [2.75, 3.05) is 0 Å². The van der Waals surface area contributed by atoms with Crippen molar-refractivity contribution in [3.05, 3.63) is 26.6 Å². The molecule has 3 rings (SSSR count). The van der Waals surface area contributed by atoms with E-state index in [2.05, 4.69) is 18.8 Å². The molecule has 0 bridgehead atoms. The van der Waals surface area contributed by atoms with E-state index in [0.717, 1.165) is 16.6 Å². The lowest BCUT2D eigenvalue weighted by Gasteiger charge is -2.07. The van der Waals surface area contributed by atoms with Crippen molar-refractivity contribution in [1.82, 2.24) is 9.55 Å². The predicted octanol–water partition coefficient (Wildman–Crippen LogP) is 3.09. The van der Waals surface area contributed by atoms with Crippen LogP contribution in [0.15, 0.2) is 16.2 Å². The Bertz CT molecular complexity index is 677. The summed E-state index contributed by atoms with van der Waals surface area (Å²) in [6, 6.07) is 2.16. The molecule has 0 spiro atoms. The third-order valence-electron chi connectivity index (χ3n) is 3.31. The van der Waals surface area contributed by atoms with Crippen LogP contribution in [-0.4, -0.2) is 9.55 Å². The molecule has 2 heterocycles. The van der Waals surface area contributed by atoms with Gasteiger partial charge in [0.2, 0.25) is 0 Å². The molecule has 0 aliphatic heterocycles. The lowest BCUT2D eigenvalue weighted by Crippen LogP contribution is -2.21. The van der Waals surface area contributed by atoms with Crippen molar-refractivity contribution in [3.63, 3.8) is 0 Å². The summed E-state index contributed by atoms with van der Waals surface area (Å²) in [5, 5.41) is 1.92. The van der Waals surface area contributed by atoms with Crippen LogP contribution in [0, 0.1) is 10.2 Å². The van der Waals surface area contributed by atoms with Crippen molar-refractivity contribution in [3.8, 4) is 0 Å². The molecule has 5 heteroatoms. The lowest BCUT2D eigenvalue weighted by molar-refractivity contribution is 0.524. The van der Waals surface area contributed by atoms with Crippen LogP contribution in [-0.2, 0) is 0 Å². The molecular formula is C11H12N2OS2. The van der Waals surface area contributed by atoms with Gasteiger partial charge in [0.1, 0.15) is 4.70 Å². The highest BCUT2D eigenvalue weighted by Gasteiger charge is 2.48.